The molecule has 10 aromatic rings. The molecule has 14 heteroatoms. The Labute approximate surface area is 479 Å². The molecule has 0 unspecified atom stereocenters. The summed E-state index contributed by atoms with van der Waals surface area (Å²) in [6.07, 6.45) is 5.67. The second-order valence-corrected chi connectivity index (χ2v) is 20.9. The highest BCUT2D eigenvalue weighted by atomic mass is 79.9. The van der Waals surface area contributed by atoms with Crippen molar-refractivity contribution in [3.63, 3.8) is 0 Å². The van der Waals surface area contributed by atoms with Crippen LogP contribution in [0.4, 0.5) is 11.4 Å². The molecule has 0 amide bonds. The first-order valence-electron chi connectivity index (χ1n) is 26.0. The van der Waals surface area contributed by atoms with Crippen LogP contribution >= 0.6 is 31.9 Å². The average molecular weight is 1170 g/mol. The Bertz CT molecular complexity index is 3540. The van der Waals surface area contributed by atoms with Crippen LogP contribution in [0, 0.1) is 13.1 Å². The number of nitrogens with zero attached hydrogens (tertiary/aromatic N) is 10. The van der Waals surface area contributed by atoms with Crippen LogP contribution in [0.1, 0.15) is 45.0 Å². The number of para-hydroxylation sites is 2. The van der Waals surface area contributed by atoms with Gasteiger partial charge in [-0.2, -0.15) is 0 Å². The van der Waals surface area contributed by atoms with Crippen LogP contribution in [0.3, 0.4) is 0 Å². The van der Waals surface area contributed by atoms with Gasteiger partial charge in [0.2, 0.25) is 6.33 Å². The maximum Gasteiger partial charge on any atom is 0.291 e. The molecule has 0 aliphatic rings. The van der Waals surface area contributed by atoms with E-state index in [0.29, 0.717) is 37.6 Å². The van der Waals surface area contributed by atoms with Crippen LogP contribution in [0.25, 0.3) is 9.69 Å². The van der Waals surface area contributed by atoms with Crippen molar-refractivity contribution in [1.82, 2.24) is 34.3 Å². The van der Waals surface area contributed by atoms with Gasteiger partial charge in [-0.05, 0) is 119 Å². The number of aromatic nitrogens is 6. The summed E-state index contributed by atoms with van der Waals surface area (Å²) in [6.45, 7) is 20.4. The monoisotopic (exact) mass is 1170 g/mol. The summed E-state index contributed by atoms with van der Waals surface area (Å²) < 4.78 is 20.3. The zero-order chi connectivity index (χ0) is 54.6. The maximum absolute atomic E-state index is 7.21. The third kappa shape index (κ3) is 17.2. The molecule has 0 saturated carbocycles. The van der Waals surface area contributed by atoms with E-state index in [1.165, 1.54) is 22.3 Å². The summed E-state index contributed by atoms with van der Waals surface area (Å²) in [7, 11) is 1.96. The maximum atomic E-state index is 7.21. The lowest BCUT2D eigenvalue weighted by Gasteiger charge is -2.23. The molecule has 0 spiro atoms. The Hall–Kier alpha value is -8.50. The van der Waals surface area contributed by atoms with E-state index in [-0.39, 0.29) is 0 Å². The topological polar surface area (TPSA) is 86.1 Å². The Balaban J connectivity index is 0.000000192. The number of aryl methyl sites for hydroxylation is 1. The van der Waals surface area contributed by atoms with Crippen LogP contribution < -0.4 is 14.0 Å². The Morgan fingerprint density at radius 2 is 0.924 bits per heavy atom. The van der Waals surface area contributed by atoms with E-state index in [1.54, 1.807) is 6.33 Å². The summed E-state index contributed by atoms with van der Waals surface area (Å²) in [5.41, 5.74) is 8.55. The van der Waals surface area contributed by atoms with Crippen molar-refractivity contribution in [3.8, 4) is 23.0 Å². The van der Waals surface area contributed by atoms with E-state index in [2.05, 4.69) is 143 Å². The fraction of sp³-hybridized carbons (Fsp3) is 0.169. The van der Waals surface area contributed by atoms with Crippen molar-refractivity contribution in [2.24, 2.45) is 7.05 Å². The molecule has 0 bridgehead atoms. The van der Waals surface area contributed by atoms with Gasteiger partial charge in [-0.15, -0.1) is 14.9 Å². The molecular weight excluding hydrogens is 1110 g/mol. The molecular formula is C65H59Br2N10O2+. The van der Waals surface area contributed by atoms with Crippen molar-refractivity contribution >= 4 is 43.2 Å². The van der Waals surface area contributed by atoms with E-state index < -0.39 is 0 Å². The highest BCUT2D eigenvalue weighted by Gasteiger charge is 2.20. The largest absolute Gasteiger partial charge is 0.457 e. The molecule has 394 valence electrons. The summed E-state index contributed by atoms with van der Waals surface area (Å²) in [5.74, 6) is 5.19. The van der Waals surface area contributed by atoms with E-state index >= 15 is 0 Å². The first-order chi connectivity index (χ1) is 38.7. The summed E-state index contributed by atoms with van der Waals surface area (Å²) in [6, 6.07) is 68.7. The quantitative estimate of drug-likeness (QED) is 0.0494. The number of hydrogen-bond donors (Lipinski definition) is 0. The Morgan fingerprint density at radius 3 is 1.41 bits per heavy atom. The molecule has 0 aliphatic carbocycles. The van der Waals surface area contributed by atoms with Crippen molar-refractivity contribution in [3.05, 3.63) is 296 Å². The van der Waals surface area contributed by atoms with Crippen molar-refractivity contribution in [2.45, 2.75) is 52.1 Å². The van der Waals surface area contributed by atoms with Crippen LogP contribution in [0.2, 0.25) is 0 Å². The van der Waals surface area contributed by atoms with Gasteiger partial charge in [0.25, 0.3) is 5.82 Å². The highest BCUT2D eigenvalue weighted by Crippen LogP contribution is 2.25. The van der Waals surface area contributed by atoms with E-state index in [9.17, 15) is 0 Å². The minimum atomic E-state index is 0.641. The lowest BCUT2D eigenvalue weighted by Crippen LogP contribution is -2.40. The highest BCUT2D eigenvalue weighted by molar-refractivity contribution is 9.10. The van der Waals surface area contributed by atoms with Gasteiger partial charge in [0.05, 0.1) is 46.4 Å². The van der Waals surface area contributed by atoms with E-state index in [0.717, 1.165) is 93.7 Å². The van der Waals surface area contributed by atoms with Gasteiger partial charge in [-0.25, -0.2) is 14.3 Å². The van der Waals surface area contributed by atoms with Crippen molar-refractivity contribution < 1.29 is 14.0 Å². The second-order valence-electron chi connectivity index (χ2n) is 19.1. The molecule has 0 saturated heterocycles. The number of benzene rings is 8. The molecule has 0 atom stereocenters. The van der Waals surface area contributed by atoms with Crippen molar-refractivity contribution in [1.29, 1.82) is 0 Å². The zero-order valence-corrected chi connectivity index (χ0v) is 47.1. The van der Waals surface area contributed by atoms with Crippen LogP contribution in [-0.4, -0.2) is 47.4 Å². The smallest absolute Gasteiger partial charge is 0.291 e. The standard InChI is InChI=1S/C33H31BrN5O.C32H28BrN5O/c1-35-30-16-10-28(11-17-30)23-39-25-37(2)36-33(39)24-38(21-20-26-8-14-29(34)15-9-26)22-27-12-18-32(19-13-27)40-31-6-4-3-5-7-31;1-34-29-15-9-27(10-16-29)22-38-24-35-36-32(38)23-37(20-19-25-7-13-28(33)14-8-25)21-26-11-17-31(18-12-26)39-30-5-3-2-4-6-30/h3-19,25H,20-24H2,2H3;2-18,24H,19-23H2/q+1;. The van der Waals surface area contributed by atoms with Gasteiger partial charge in [0, 0.05) is 40.2 Å². The minimum absolute atomic E-state index is 0.641. The number of halogens is 2. The van der Waals surface area contributed by atoms with Gasteiger partial charge in [-0.1, -0.05) is 165 Å². The minimum Gasteiger partial charge on any atom is -0.457 e. The summed E-state index contributed by atoms with van der Waals surface area (Å²) in [4.78, 5) is 11.8. The molecule has 12 nitrogen and oxygen atoms in total. The number of hydrogen-bond acceptors (Lipinski definition) is 7. The van der Waals surface area contributed by atoms with Gasteiger partial charge in [-0.3, -0.25) is 9.80 Å². The lowest BCUT2D eigenvalue weighted by atomic mass is 10.1. The fourth-order valence-corrected chi connectivity index (χ4v) is 9.39. The molecule has 2 heterocycles. The third-order valence-corrected chi connectivity index (χ3v) is 14.1. The second kappa shape index (κ2) is 28.2. The SMILES string of the molecule is [C-]#[N+]c1ccc(C[n+]2cn(C)nc2CN(CCc2ccc(Br)cc2)Cc2ccc(Oc3ccccc3)cc2)cc1.[C-]#[N+]c1ccc(Cn2cnnc2CN(CCc2ccc(Br)cc2)Cc2ccc(Oc3ccccc3)cc2)cc1. The number of ether oxygens (including phenoxy) is 2. The van der Waals surface area contributed by atoms with Gasteiger partial charge < -0.3 is 14.0 Å². The molecule has 2 aromatic heterocycles. The molecule has 8 aromatic carbocycles. The lowest BCUT2D eigenvalue weighted by molar-refractivity contribution is -0.697. The van der Waals surface area contributed by atoms with E-state index in [4.69, 9.17) is 27.7 Å². The summed E-state index contributed by atoms with van der Waals surface area (Å²) >= 11 is 7.06. The van der Waals surface area contributed by atoms with Crippen LogP contribution in [0.5, 0.6) is 23.0 Å². The molecule has 10 rings (SSSR count). The van der Waals surface area contributed by atoms with Crippen LogP contribution in [-0.2, 0) is 59.2 Å². The average Bonchev–Trinajstić information content (AvgIpc) is 4.08. The Kier molecular flexibility index (Phi) is 19.7. The predicted molar refractivity (Wildman–Crippen MR) is 317 cm³/mol. The molecule has 0 aliphatic heterocycles. The molecule has 79 heavy (non-hydrogen) atoms. The van der Waals surface area contributed by atoms with Crippen LogP contribution in [0.15, 0.2) is 228 Å². The first kappa shape index (κ1) is 55.3. The summed E-state index contributed by atoms with van der Waals surface area (Å²) in [5, 5.41) is 13.5. The molecule has 0 N–H and O–H groups in total. The predicted octanol–water partition coefficient (Wildman–Crippen LogP) is 14.8. The van der Waals surface area contributed by atoms with E-state index in [1.807, 2.05) is 152 Å². The van der Waals surface area contributed by atoms with Gasteiger partial charge in [0.15, 0.2) is 11.4 Å². The number of rotatable bonds is 22. The van der Waals surface area contributed by atoms with Gasteiger partial charge in [0.1, 0.15) is 35.1 Å². The molecule has 0 fully saturated rings. The third-order valence-electron chi connectivity index (χ3n) is 13.1. The zero-order valence-electron chi connectivity index (χ0n) is 43.9. The first-order valence-corrected chi connectivity index (χ1v) is 27.6. The van der Waals surface area contributed by atoms with Crippen molar-refractivity contribution in [2.75, 3.05) is 13.1 Å². The normalized spacial score (nSPS) is 10.9. The Morgan fingerprint density at radius 1 is 0.494 bits per heavy atom. The molecule has 0 radical (unpaired) electrons. The van der Waals surface area contributed by atoms with Gasteiger partial charge >= 0.3 is 0 Å². The fourth-order valence-electron chi connectivity index (χ4n) is 8.86.